The van der Waals surface area contributed by atoms with Gasteiger partial charge in [0.1, 0.15) is 13.2 Å². The lowest BCUT2D eigenvalue weighted by atomic mass is 10.0. The smallest absolute Gasteiger partial charge is 0.306 e. The predicted octanol–water partition coefficient (Wildman–Crippen LogP) is 24.6. The molecule has 0 rings (SSSR count). The average molecular weight is 1150 g/mol. The Kier molecular flexibility index (Phi) is 67.2. The van der Waals surface area contributed by atoms with Crippen LogP contribution in [0.25, 0.3) is 0 Å². The molecule has 0 fully saturated rings. The highest BCUT2D eigenvalue weighted by Crippen LogP contribution is 2.17. The zero-order valence-electron chi connectivity index (χ0n) is 54.7. The van der Waals surface area contributed by atoms with Crippen molar-refractivity contribution in [3.8, 4) is 0 Å². The van der Waals surface area contributed by atoms with Gasteiger partial charge < -0.3 is 14.2 Å². The summed E-state index contributed by atoms with van der Waals surface area (Å²) < 4.78 is 17.0. The molecule has 6 heteroatoms. The molecule has 0 aromatic rings. The SMILES string of the molecule is CC/C=C\C/C=C\C/C=C\C/C=C\CCCCCCCCCCCCCCC(=O)OCC(COC(=O)CCCCCCC/C=C\CCCCCCCC)OC(=O)CCCCCCCCCCCCCC/C=C\C/C=C\C/C=C\C/C=C\CC. The lowest BCUT2D eigenvalue weighted by Crippen LogP contribution is -2.30. The molecule has 0 saturated heterocycles. The summed E-state index contributed by atoms with van der Waals surface area (Å²) in [4.78, 5) is 38.5. The summed E-state index contributed by atoms with van der Waals surface area (Å²) in [5.74, 6) is -0.878. The van der Waals surface area contributed by atoms with Crippen molar-refractivity contribution in [3.05, 3.63) is 109 Å². The van der Waals surface area contributed by atoms with Crippen LogP contribution in [0.1, 0.15) is 342 Å². The summed E-state index contributed by atoms with van der Waals surface area (Å²) in [5.41, 5.74) is 0. The number of esters is 3. The second-order valence-corrected chi connectivity index (χ2v) is 23.4. The quantitative estimate of drug-likeness (QED) is 0.0261. The van der Waals surface area contributed by atoms with Crippen molar-refractivity contribution in [1.82, 2.24) is 0 Å². The molecule has 0 aliphatic carbocycles. The summed E-state index contributed by atoms with van der Waals surface area (Å²) in [5, 5.41) is 0. The lowest BCUT2D eigenvalue weighted by molar-refractivity contribution is -0.167. The van der Waals surface area contributed by atoms with E-state index < -0.39 is 6.10 Å². The molecule has 0 N–H and O–H groups in total. The topological polar surface area (TPSA) is 78.9 Å². The molecule has 0 aromatic heterocycles. The number of carbonyl (C=O) groups excluding carboxylic acids is 3. The van der Waals surface area contributed by atoms with E-state index in [1.807, 2.05) is 0 Å². The molecule has 0 aliphatic rings. The van der Waals surface area contributed by atoms with Crippen molar-refractivity contribution < 1.29 is 28.6 Å². The first-order valence-electron chi connectivity index (χ1n) is 35.4. The number of hydrogen-bond acceptors (Lipinski definition) is 6. The van der Waals surface area contributed by atoms with Crippen molar-refractivity contribution in [3.63, 3.8) is 0 Å². The van der Waals surface area contributed by atoms with Crippen molar-refractivity contribution in [2.75, 3.05) is 13.2 Å². The maximum atomic E-state index is 13.0. The minimum atomic E-state index is -0.786. The zero-order valence-corrected chi connectivity index (χ0v) is 54.7. The molecule has 0 heterocycles. The largest absolute Gasteiger partial charge is 0.462 e. The second-order valence-electron chi connectivity index (χ2n) is 23.4. The molecule has 0 aromatic carbocycles. The highest BCUT2D eigenvalue weighted by molar-refractivity contribution is 5.71. The van der Waals surface area contributed by atoms with Gasteiger partial charge in [-0.2, -0.15) is 0 Å². The summed E-state index contributed by atoms with van der Waals surface area (Å²) >= 11 is 0. The number of ether oxygens (including phenoxy) is 3. The number of unbranched alkanes of at least 4 members (excludes halogenated alkanes) is 35. The predicted molar refractivity (Wildman–Crippen MR) is 362 cm³/mol. The van der Waals surface area contributed by atoms with E-state index in [0.717, 1.165) is 116 Å². The Morgan fingerprint density at radius 2 is 0.470 bits per heavy atom. The summed E-state index contributed by atoms with van der Waals surface area (Å²) in [6.45, 7) is 6.44. The van der Waals surface area contributed by atoms with E-state index in [2.05, 4.69) is 130 Å². The molecule has 0 bridgehead atoms. The van der Waals surface area contributed by atoms with E-state index >= 15 is 0 Å². The van der Waals surface area contributed by atoms with Crippen LogP contribution in [0, 0.1) is 0 Å². The Hall–Kier alpha value is -3.93. The molecule has 6 nitrogen and oxygen atoms in total. The lowest BCUT2D eigenvalue weighted by Gasteiger charge is -2.18. The molecule has 1 unspecified atom stereocenters. The van der Waals surface area contributed by atoms with Crippen LogP contribution in [-0.2, 0) is 28.6 Å². The van der Waals surface area contributed by atoms with Gasteiger partial charge in [-0.15, -0.1) is 0 Å². The fraction of sp³-hybridized carbons (Fsp3) is 0.727. The van der Waals surface area contributed by atoms with E-state index in [1.165, 1.54) is 186 Å². The summed E-state index contributed by atoms with van der Waals surface area (Å²) in [7, 11) is 0. The first-order chi connectivity index (χ1) is 41.0. The van der Waals surface area contributed by atoms with E-state index in [0.29, 0.717) is 19.3 Å². The van der Waals surface area contributed by atoms with Gasteiger partial charge in [-0.3, -0.25) is 14.4 Å². The molecule has 0 aliphatic heterocycles. The molecular weight excluding hydrogens is 1020 g/mol. The molecule has 1 atom stereocenters. The van der Waals surface area contributed by atoms with Crippen LogP contribution in [-0.4, -0.2) is 37.2 Å². The molecular formula is C77H132O6. The zero-order chi connectivity index (χ0) is 59.9. The third-order valence-electron chi connectivity index (χ3n) is 15.2. The molecule has 476 valence electrons. The molecule has 83 heavy (non-hydrogen) atoms. The highest BCUT2D eigenvalue weighted by atomic mass is 16.6. The Morgan fingerprint density at radius 3 is 0.747 bits per heavy atom. The van der Waals surface area contributed by atoms with Crippen molar-refractivity contribution in [2.24, 2.45) is 0 Å². The molecule has 0 radical (unpaired) electrons. The number of carbonyl (C=O) groups is 3. The van der Waals surface area contributed by atoms with Gasteiger partial charge in [-0.25, -0.2) is 0 Å². The first-order valence-corrected chi connectivity index (χ1v) is 35.4. The van der Waals surface area contributed by atoms with Gasteiger partial charge in [0.25, 0.3) is 0 Å². The summed E-state index contributed by atoms with van der Waals surface area (Å²) in [6.07, 6.45) is 96.8. The van der Waals surface area contributed by atoms with Gasteiger partial charge in [0, 0.05) is 19.3 Å². The Balaban J connectivity index is 4.33. The van der Waals surface area contributed by atoms with Crippen LogP contribution in [0.5, 0.6) is 0 Å². The standard InChI is InChI=1S/C77H132O6/c1-4-7-10-13-16-19-22-25-28-30-32-34-36-38-40-42-44-46-49-52-55-58-61-64-67-70-76(79)82-73-74(72-81-75(78)69-66-63-60-57-54-51-48-27-24-21-18-15-12-9-6-3)83-77(80)71-68-65-62-59-56-53-50-47-45-43-41-39-37-35-33-31-29-26-23-20-17-14-11-8-5-2/h7-8,10-11,16-17,19-20,25-29,32-35,48,74H,4-6,9,12-15,18,21-24,30-31,36-47,49-73H2,1-3H3/b10-7-,11-8-,19-16-,20-17-,28-25-,29-26-,34-32-,35-33-,48-27-. The van der Waals surface area contributed by atoms with E-state index in [-0.39, 0.29) is 31.1 Å². The Bertz CT molecular complexity index is 1660. The van der Waals surface area contributed by atoms with Gasteiger partial charge in [-0.05, 0) is 122 Å². The fourth-order valence-corrected chi connectivity index (χ4v) is 10.0. The van der Waals surface area contributed by atoms with Gasteiger partial charge in [0.2, 0.25) is 0 Å². The van der Waals surface area contributed by atoms with Crippen molar-refractivity contribution in [1.29, 1.82) is 0 Å². The Morgan fingerprint density at radius 1 is 0.253 bits per heavy atom. The Labute approximate surface area is 514 Å². The second kappa shape index (κ2) is 70.6. The number of rotatable bonds is 64. The average Bonchev–Trinajstić information content (AvgIpc) is 3.49. The minimum absolute atomic E-state index is 0.0808. The number of allylic oxidation sites excluding steroid dienone is 18. The van der Waals surface area contributed by atoms with Crippen LogP contribution in [0.4, 0.5) is 0 Å². The maximum Gasteiger partial charge on any atom is 0.306 e. The third kappa shape index (κ3) is 68.7. The van der Waals surface area contributed by atoms with Crippen molar-refractivity contribution >= 4 is 17.9 Å². The van der Waals surface area contributed by atoms with Crippen LogP contribution in [0.3, 0.4) is 0 Å². The van der Waals surface area contributed by atoms with Crippen LogP contribution >= 0.6 is 0 Å². The van der Waals surface area contributed by atoms with E-state index in [4.69, 9.17) is 14.2 Å². The van der Waals surface area contributed by atoms with E-state index in [1.54, 1.807) is 0 Å². The van der Waals surface area contributed by atoms with Gasteiger partial charge >= 0.3 is 17.9 Å². The molecule has 0 spiro atoms. The van der Waals surface area contributed by atoms with Gasteiger partial charge in [0.15, 0.2) is 6.10 Å². The first kappa shape index (κ1) is 79.1. The van der Waals surface area contributed by atoms with Crippen LogP contribution in [0.15, 0.2) is 109 Å². The van der Waals surface area contributed by atoms with E-state index in [9.17, 15) is 14.4 Å². The van der Waals surface area contributed by atoms with Crippen LogP contribution in [0.2, 0.25) is 0 Å². The third-order valence-corrected chi connectivity index (χ3v) is 15.2. The fourth-order valence-electron chi connectivity index (χ4n) is 10.0. The minimum Gasteiger partial charge on any atom is -0.462 e. The summed E-state index contributed by atoms with van der Waals surface area (Å²) in [6, 6.07) is 0. The normalized spacial score (nSPS) is 12.8. The maximum absolute atomic E-state index is 13.0. The van der Waals surface area contributed by atoms with Gasteiger partial charge in [0.05, 0.1) is 0 Å². The van der Waals surface area contributed by atoms with Gasteiger partial charge in [-0.1, -0.05) is 310 Å². The highest BCUT2D eigenvalue weighted by Gasteiger charge is 2.19. The monoisotopic (exact) mass is 1150 g/mol. The van der Waals surface area contributed by atoms with Crippen molar-refractivity contribution in [2.45, 2.75) is 348 Å². The molecule has 0 saturated carbocycles. The number of hydrogen-bond donors (Lipinski definition) is 0. The molecule has 0 amide bonds. The van der Waals surface area contributed by atoms with Crippen LogP contribution < -0.4 is 0 Å².